The summed E-state index contributed by atoms with van der Waals surface area (Å²) in [6.07, 6.45) is -1.09. The van der Waals surface area contributed by atoms with Crippen LogP contribution < -0.4 is 20.1 Å². The van der Waals surface area contributed by atoms with Crippen molar-refractivity contribution in [1.82, 2.24) is 39.3 Å². The predicted molar refractivity (Wildman–Crippen MR) is 197 cm³/mol. The molecule has 0 aliphatic carbocycles. The number of ether oxygens (including phenoxy) is 1. The second kappa shape index (κ2) is 15.0. The van der Waals surface area contributed by atoms with E-state index in [1.807, 2.05) is 0 Å². The molecule has 8 rings (SSSR count). The van der Waals surface area contributed by atoms with E-state index in [2.05, 4.69) is 45.6 Å². The van der Waals surface area contributed by atoms with Crippen molar-refractivity contribution in [1.29, 1.82) is 0 Å². The van der Waals surface area contributed by atoms with Crippen molar-refractivity contribution in [2.45, 2.75) is 26.0 Å². The first-order valence-electron chi connectivity index (χ1n) is 17.3. The number of hydrogen-bond donors (Lipinski definition) is 2. The Labute approximate surface area is 327 Å². The highest BCUT2D eigenvalue weighted by molar-refractivity contribution is 6.08. The molecule has 0 atom stereocenters. The third-order valence-electron chi connectivity index (χ3n) is 8.81. The zero-order valence-corrected chi connectivity index (χ0v) is 30.2. The molecule has 2 N–H and O–H groups in total. The number of fused-ring (bicyclic) bond motifs is 2. The minimum absolute atomic E-state index is 0.0122. The number of carbonyl (C=O) groups is 2. The van der Waals surface area contributed by atoms with Crippen molar-refractivity contribution in [2.24, 2.45) is 0 Å². The van der Waals surface area contributed by atoms with Gasteiger partial charge in [0.15, 0.2) is 23.6 Å². The largest absolute Gasteiger partial charge is 0.573 e. The van der Waals surface area contributed by atoms with Gasteiger partial charge in [0.05, 0.1) is 46.9 Å². The third-order valence-corrected chi connectivity index (χ3v) is 8.81. The number of nitrogens with one attached hydrogen (secondary N) is 2. The van der Waals surface area contributed by atoms with Crippen LogP contribution in [-0.2, 0) is 12.7 Å². The molecule has 2 amide bonds. The van der Waals surface area contributed by atoms with Crippen LogP contribution >= 0.6 is 0 Å². The summed E-state index contributed by atoms with van der Waals surface area (Å²) in [6.45, 7) is 1.77. The SMILES string of the molecule is Cc1ccc(NC(=O)c2c[n+](Cc3cncc(NC(=O)c4cnn5ccc(-c6ccccc6C(F)(F)F)nc45)c3)n3ccc(-c4ccccc4OC(F)(F)F)nc23)nn1. The molecule has 0 saturated carbocycles. The van der Waals surface area contributed by atoms with Crippen molar-refractivity contribution >= 4 is 34.6 Å². The molecule has 296 valence electrons. The van der Waals surface area contributed by atoms with E-state index in [1.165, 1.54) is 94.7 Å². The highest BCUT2D eigenvalue weighted by Crippen LogP contribution is 2.37. The number of pyridine rings is 1. The molecule has 6 aromatic heterocycles. The standard InChI is InChI=1S/C39H25F6N11O3/c1-22-10-11-33(53-52-22)51-37(58)28-21-54(56-15-13-31(50-35(28)56)26-7-3-5-9-32(26)59-39(43,44)45)20-23-16-24(18-46-17-23)48-36(57)27-19-47-55-14-12-30(49-34(27)55)25-6-2-4-8-29(25)38(40,41)42/h2-19,21H,20H2,1H3,(H-,48,51,53,57,58)/p+1. The van der Waals surface area contributed by atoms with E-state index in [1.54, 1.807) is 29.8 Å². The van der Waals surface area contributed by atoms with E-state index in [0.29, 0.717) is 11.3 Å². The first-order valence-corrected chi connectivity index (χ1v) is 17.3. The van der Waals surface area contributed by atoms with Crippen molar-refractivity contribution in [3.8, 4) is 28.3 Å². The maximum absolute atomic E-state index is 13.8. The number of anilines is 2. The van der Waals surface area contributed by atoms with E-state index in [9.17, 15) is 35.9 Å². The summed E-state index contributed by atoms with van der Waals surface area (Å²) < 4.78 is 89.7. The van der Waals surface area contributed by atoms with Crippen LogP contribution in [0.4, 0.5) is 37.8 Å². The maximum Gasteiger partial charge on any atom is 0.573 e. The van der Waals surface area contributed by atoms with Crippen LogP contribution in [0.25, 0.3) is 33.8 Å². The summed E-state index contributed by atoms with van der Waals surface area (Å²) in [5.41, 5.74) is 0.502. The molecule has 20 heteroatoms. The van der Waals surface area contributed by atoms with E-state index in [4.69, 9.17) is 0 Å². The number of alkyl halides is 6. The minimum Gasteiger partial charge on any atom is -0.405 e. The van der Waals surface area contributed by atoms with E-state index in [0.717, 1.165) is 12.1 Å². The molecule has 0 fully saturated rings. The number of para-hydroxylation sites is 1. The van der Waals surface area contributed by atoms with Crippen molar-refractivity contribution in [3.63, 3.8) is 0 Å². The highest BCUT2D eigenvalue weighted by atomic mass is 19.4. The monoisotopic (exact) mass is 810 g/mol. The van der Waals surface area contributed by atoms with Crippen molar-refractivity contribution in [3.05, 3.63) is 144 Å². The van der Waals surface area contributed by atoms with Gasteiger partial charge < -0.3 is 15.4 Å². The molecule has 2 aromatic carbocycles. The van der Waals surface area contributed by atoms with Crippen LogP contribution in [0.1, 0.15) is 37.5 Å². The van der Waals surface area contributed by atoms with Crippen LogP contribution in [0.15, 0.2) is 116 Å². The quantitative estimate of drug-likeness (QED) is 0.116. The van der Waals surface area contributed by atoms with Gasteiger partial charge in [0.2, 0.25) is 11.8 Å². The van der Waals surface area contributed by atoms with Gasteiger partial charge in [0.25, 0.3) is 11.8 Å². The second-order valence-corrected chi connectivity index (χ2v) is 12.9. The zero-order valence-electron chi connectivity index (χ0n) is 30.2. The van der Waals surface area contributed by atoms with E-state index >= 15 is 0 Å². The lowest BCUT2D eigenvalue weighted by Gasteiger charge is -2.12. The Bertz CT molecular complexity index is 2890. The van der Waals surface area contributed by atoms with Gasteiger partial charge in [-0.15, -0.1) is 27.5 Å². The molecule has 8 aromatic rings. The summed E-state index contributed by atoms with van der Waals surface area (Å²) in [5, 5.41) is 17.4. The molecule has 59 heavy (non-hydrogen) atoms. The Balaban J connectivity index is 1.10. The van der Waals surface area contributed by atoms with E-state index in [-0.39, 0.29) is 63.0 Å². The molecular weight excluding hydrogens is 784 g/mol. The van der Waals surface area contributed by atoms with Gasteiger partial charge >= 0.3 is 12.5 Å². The smallest absolute Gasteiger partial charge is 0.405 e. The highest BCUT2D eigenvalue weighted by Gasteiger charge is 2.34. The number of carbonyl (C=O) groups excluding carboxylic acids is 2. The number of rotatable bonds is 9. The topological polar surface area (TPSA) is 157 Å². The Morgan fingerprint density at radius 2 is 1.47 bits per heavy atom. The lowest BCUT2D eigenvalue weighted by molar-refractivity contribution is -0.752. The van der Waals surface area contributed by atoms with Crippen LogP contribution in [0, 0.1) is 6.92 Å². The zero-order chi connectivity index (χ0) is 41.5. The molecule has 0 bridgehead atoms. The lowest BCUT2D eigenvalue weighted by Crippen LogP contribution is -2.39. The number of hydrogen-bond acceptors (Lipinski definition) is 9. The van der Waals surface area contributed by atoms with Crippen LogP contribution in [0.5, 0.6) is 5.75 Å². The number of nitrogens with zero attached hydrogens (tertiary/aromatic N) is 9. The maximum atomic E-state index is 13.8. The Morgan fingerprint density at radius 3 is 2.24 bits per heavy atom. The van der Waals surface area contributed by atoms with Crippen molar-refractivity contribution < 1.29 is 45.4 Å². The molecule has 0 aliphatic heterocycles. The molecule has 0 spiro atoms. The number of halogens is 6. The number of aryl methyl sites for hydroxylation is 1. The molecule has 0 unspecified atom stereocenters. The average molecular weight is 811 g/mol. The summed E-state index contributed by atoms with van der Waals surface area (Å²) >= 11 is 0. The normalized spacial score (nSPS) is 11.8. The number of aromatic nitrogens is 9. The second-order valence-electron chi connectivity index (χ2n) is 12.9. The summed E-state index contributed by atoms with van der Waals surface area (Å²) in [5.74, 6) is -1.66. The number of amides is 2. The van der Waals surface area contributed by atoms with Crippen LogP contribution in [-0.4, -0.2) is 57.5 Å². The first kappa shape index (κ1) is 38.1. The molecule has 6 heterocycles. The summed E-state index contributed by atoms with van der Waals surface area (Å²) in [4.78, 5) is 40.4. The average Bonchev–Trinajstić information content (AvgIpc) is 3.79. The fourth-order valence-corrected chi connectivity index (χ4v) is 6.21. The van der Waals surface area contributed by atoms with Crippen LogP contribution in [0.3, 0.4) is 0 Å². The Morgan fingerprint density at radius 1 is 0.763 bits per heavy atom. The molecule has 0 saturated heterocycles. The van der Waals surface area contributed by atoms with Gasteiger partial charge in [-0.25, -0.2) is 14.5 Å². The first-order chi connectivity index (χ1) is 28.2. The van der Waals surface area contributed by atoms with Gasteiger partial charge in [-0.2, -0.15) is 23.4 Å². The van der Waals surface area contributed by atoms with E-state index < -0.39 is 35.7 Å². The van der Waals surface area contributed by atoms with Gasteiger partial charge in [0.1, 0.15) is 11.3 Å². The Kier molecular flexibility index (Phi) is 9.66. The summed E-state index contributed by atoms with van der Waals surface area (Å²) in [6, 6.07) is 18.0. The molecule has 0 radical (unpaired) electrons. The summed E-state index contributed by atoms with van der Waals surface area (Å²) in [7, 11) is 0. The number of benzene rings is 2. The third kappa shape index (κ3) is 8.08. The minimum atomic E-state index is -4.97. The van der Waals surface area contributed by atoms with Crippen LogP contribution in [0.2, 0.25) is 0 Å². The fourth-order valence-electron chi connectivity index (χ4n) is 6.21. The van der Waals surface area contributed by atoms with Gasteiger partial charge in [-0.3, -0.25) is 14.6 Å². The van der Waals surface area contributed by atoms with Crippen molar-refractivity contribution in [2.75, 3.05) is 10.6 Å². The lowest BCUT2D eigenvalue weighted by atomic mass is 10.0. The van der Waals surface area contributed by atoms with Gasteiger partial charge in [0, 0.05) is 29.1 Å². The fraction of sp³-hybridized carbons (Fsp3) is 0.103. The molecular formula is C39H26F6N11O3+. The molecule has 0 aliphatic rings. The Hall–Kier alpha value is -7.77. The molecule has 14 nitrogen and oxygen atoms in total. The predicted octanol–water partition coefficient (Wildman–Crippen LogP) is 6.96. The van der Waals surface area contributed by atoms with Gasteiger partial charge in [-0.05, 0) is 55.5 Å². The van der Waals surface area contributed by atoms with Gasteiger partial charge in [-0.1, -0.05) is 30.3 Å².